The van der Waals surface area contributed by atoms with Crippen LogP contribution in [0.2, 0.25) is 0 Å². The zero-order chi connectivity index (χ0) is 11.7. The zero-order valence-electron chi connectivity index (χ0n) is 10.0. The second kappa shape index (κ2) is 4.63. The summed E-state index contributed by atoms with van der Waals surface area (Å²) in [4.78, 5) is 7.20. The highest BCUT2D eigenvalue weighted by molar-refractivity contribution is 7.22. The smallest absolute Gasteiger partial charge is 0.186 e. The summed E-state index contributed by atoms with van der Waals surface area (Å²) >= 11 is 1.81. The van der Waals surface area contributed by atoms with Gasteiger partial charge in [0, 0.05) is 19.1 Å². The van der Waals surface area contributed by atoms with Gasteiger partial charge < -0.3 is 10.2 Å². The van der Waals surface area contributed by atoms with Crippen LogP contribution < -0.4 is 10.2 Å². The van der Waals surface area contributed by atoms with Crippen LogP contribution in [0, 0.1) is 0 Å². The Labute approximate surface area is 105 Å². The number of hydrogen-bond donors (Lipinski definition) is 1. The van der Waals surface area contributed by atoms with Crippen molar-refractivity contribution in [3.63, 3.8) is 0 Å². The van der Waals surface area contributed by atoms with Crippen molar-refractivity contribution in [3.8, 4) is 0 Å². The summed E-state index contributed by atoms with van der Waals surface area (Å²) in [7, 11) is 2.02. The van der Waals surface area contributed by atoms with Crippen LogP contribution in [-0.2, 0) is 0 Å². The lowest BCUT2D eigenvalue weighted by Crippen LogP contribution is -2.36. The summed E-state index contributed by atoms with van der Waals surface area (Å²) in [6, 6.07) is 9.00. The van der Waals surface area contributed by atoms with E-state index in [1.54, 1.807) is 0 Å². The van der Waals surface area contributed by atoms with Gasteiger partial charge in [-0.3, -0.25) is 0 Å². The van der Waals surface area contributed by atoms with Gasteiger partial charge >= 0.3 is 0 Å². The second-order valence-corrected chi connectivity index (χ2v) is 5.52. The van der Waals surface area contributed by atoms with Crippen molar-refractivity contribution in [1.82, 2.24) is 10.3 Å². The van der Waals surface area contributed by atoms with E-state index in [0.29, 0.717) is 6.04 Å². The topological polar surface area (TPSA) is 28.2 Å². The van der Waals surface area contributed by atoms with Gasteiger partial charge in [-0.05, 0) is 32.0 Å². The minimum absolute atomic E-state index is 0.612. The van der Waals surface area contributed by atoms with Gasteiger partial charge in [0.25, 0.3) is 0 Å². The molecule has 2 aromatic rings. The molecule has 3 nitrogen and oxygen atoms in total. The predicted molar refractivity (Wildman–Crippen MR) is 73.9 cm³/mol. The van der Waals surface area contributed by atoms with Crippen LogP contribution in [0.25, 0.3) is 10.2 Å². The standard InChI is InChI=1S/C13H17N3S/c1-14-9-10-5-4-8-16(10)13-15-11-6-2-3-7-12(11)17-13/h2-3,6-7,10,14H,4-5,8-9H2,1H3. The summed E-state index contributed by atoms with van der Waals surface area (Å²) in [5.41, 5.74) is 1.13. The summed E-state index contributed by atoms with van der Waals surface area (Å²) in [6.45, 7) is 2.20. The van der Waals surface area contributed by atoms with Crippen molar-refractivity contribution in [2.75, 3.05) is 25.0 Å². The van der Waals surface area contributed by atoms with Gasteiger partial charge in [-0.2, -0.15) is 0 Å². The number of anilines is 1. The van der Waals surface area contributed by atoms with Crippen molar-refractivity contribution in [2.24, 2.45) is 0 Å². The van der Waals surface area contributed by atoms with Gasteiger partial charge in [0.05, 0.1) is 10.2 Å². The maximum absolute atomic E-state index is 4.74. The van der Waals surface area contributed by atoms with Gasteiger partial charge in [0.1, 0.15) is 0 Å². The molecule has 1 aliphatic heterocycles. The Morgan fingerprint density at radius 2 is 2.35 bits per heavy atom. The van der Waals surface area contributed by atoms with E-state index in [1.165, 1.54) is 22.7 Å². The fourth-order valence-corrected chi connectivity index (χ4v) is 3.58. The molecule has 1 fully saturated rings. The molecule has 1 atom stereocenters. The van der Waals surface area contributed by atoms with Gasteiger partial charge in [0.15, 0.2) is 5.13 Å². The van der Waals surface area contributed by atoms with Gasteiger partial charge in [-0.1, -0.05) is 23.5 Å². The SMILES string of the molecule is CNCC1CCCN1c1nc2ccccc2s1. The lowest BCUT2D eigenvalue weighted by atomic mass is 10.2. The molecule has 0 spiro atoms. The summed E-state index contributed by atoms with van der Waals surface area (Å²) in [6.07, 6.45) is 2.55. The number of aromatic nitrogens is 1. The molecule has 4 heteroatoms. The molecule has 0 bridgehead atoms. The Morgan fingerprint density at radius 3 is 3.18 bits per heavy atom. The first-order valence-electron chi connectivity index (χ1n) is 6.15. The highest BCUT2D eigenvalue weighted by Gasteiger charge is 2.26. The normalized spacial score (nSPS) is 20.3. The van der Waals surface area contributed by atoms with Crippen LogP contribution in [-0.4, -0.2) is 31.2 Å². The highest BCUT2D eigenvalue weighted by atomic mass is 32.1. The molecule has 0 amide bonds. The third-order valence-electron chi connectivity index (χ3n) is 3.35. The third-order valence-corrected chi connectivity index (χ3v) is 4.42. The molecule has 1 N–H and O–H groups in total. The quantitative estimate of drug-likeness (QED) is 0.903. The van der Waals surface area contributed by atoms with Crippen molar-refractivity contribution < 1.29 is 0 Å². The van der Waals surface area contributed by atoms with E-state index in [-0.39, 0.29) is 0 Å². The second-order valence-electron chi connectivity index (χ2n) is 4.51. The molecule has 3 rings (SSSR count). The number of nitrogens with one attached hydrogen (secondary N) is 1. The average molecular weight is 247 g/mol. The maximum atomic E-state index is 4.74. The lowest BCUT2D eigenvalue weighted by molar-refractivity contribution is 0.615. The van der Waals surface area contributed by atoms with E-state index in [9.17, 15) is 0 Å². The van der Waals surface area contributed by atoms with Gasteiger partial charge in [0.2, 0.25) is 0 Å². The van der Waals surface area contributed by atoms with E-state index >= 15 is 0 Å². The molecule has 1 aromatic carbocycles. The van der Waals surface area contributed by atoms with E-state index in [2.05, 4.69) is 34.5 Å². The Balaban J connectivity index is 1.92. The molecule has 1 aromatic heterocycles. The molecule has 1 unspecified atom stereocenters. The average Bonchev–Trinajstić information content (AvgIpc) is 2.94. The lowest BCUT2D eigenvalue weighted by Gasteiger charge is -2.23. The van der Waals surface area contributed by atoms with E-state index in [4.69, 9.17) is 4.98 Å². The van der Waals surface area contributed by atoms with E-state index < -0.39 is 0 Å². The zero-order valence-corrected chi connectivity index (χ0v) is 10.8. The first-order chi connectivity index (χ1) is 8.38. The Kier molecular flexibility index (Phi) is 2.99. The van der Waals surface area contributed by atoms with Crippen LogP contribution in [0.5, 0.6) is 0 Å². The number of hydrogen-bond acceptors (Lipinski definition) is 4. The van der Waals surface area contributed by atoms with Crippen LogP contribution in [0.1, 0.15) is 12.8 Å². The maximum Gasteiger partial charge on any atom is 0.186 e. The molecule has 17 heavy (non-hydrogen) atoms. The van der Waals surface area contributed by atoms with Crippen LogP contribution in [0.3, 0.4) is 0 Å². The molecule has 2 heterocycles. The van der Waals surface area contributed by atoms with Crippen LogP contribution in [0.15, 0.2) is 24.3 Å². The van der Waals surface area contributed by atoms with E-state index in [0.717, 1.165) is 18.6 Å². The number of thiazole rings is 1. The fourth-order valence-electron chi connectivity index (χ4n) is 2.52. The largest absolute Gasteiger partial charge is 0.344 e. The predicted octanol–water partition coefficient (Wildman–Crippen LogP) is 2.48. The number of fused-ring (bicyclic) bond motifs is 1. The fraction of sp³-hybridized carbons (Fsp3) is 0.462. The first kappa shape index (κ1) is 11.0. The number of benzene rings is 1. The number of para-hydroxylation sites is 1. The van der Waals surface area contributed by atoms with Crippen LogP contribution >= 0.6 is 11.3 Å². The van der Waals surface area contributed by atoms with Gasteiger partial charge in [-0.25, -0.2) is 4.98 Å². The Hall–Kier alpha value is -1.13. The minimum atomic E-state index is 0.612. The molecular weight excluding hydrogens is 230 g/mol. The number of likely N-dealkylation sites (N-methyl/N-ethyl adjacent to an activating group) is 1. The minimum Gasteiger partial charge on any atom is -0.344 e. The summed E-state index contributed by atoms with van der Waals surface area (Å²) < 4.78 is 1.29. The Bertz CT molecular complexity index is 475. The summed E-state index contributed by atoms with van der Waals surface area (Å²) in [5, 5.41) is 4.46. The molecule has 0 aliphatic carbocycles. The molecule has 1 saturated heterocycles. The third kappa shape index (κ3) is 2.03. The molecule has 0 radical (unpaired) electrons. The van der Waals surface area contributed by atoms with Crippen molar-refractivity contribution >= 4 is 26.7 Å². The molecule has 0 saturated carbocycles. The molecule has 90 valence electrons. The van der Waals surface area contributed by atoms with Crippen molar-refractivity contribution in [1.29, 1.82) is 0 Å². The monoisotopic (exact) mass is 247 g/mol. The van der Waals surface area contributed by atoms with E-state index in [1.807, 2.05) is 18.4 Å². The van der Waals surface area contributed by atoms with Crippen LogP contribution in [0.4, 0.5) is 5.13 Å². The molecular formula is C13H17N3S. The van der Waals surface area contributed by atoms with Crippen molar-refractivity contribution in [3.05, 3.63) is 24.3 Å². The molecule has 1 aliphatic rings. The Morgan fingerprint density at radius 1 is 1.47 bits per heavy atom. The highest BCUT2D eigenvalue weighted by Crippen LogP contribution is 2.32. The van der Waals surface area contributed by atoms with Crippen molar-refractivity contribution in [2.45, 2.75) is 18.9 Å². The first-order valence-corrected chi connectivity index (χ1v) is 6.97. The number of nitrogens with zero attached hydrogens (tertiary/aromatic N) is 2. The number of rotatable bonds is 3. The van der Waals surface area contributed by atoms with Gasteiger partial charge in [-0.15, -0.1) is 0 Å². The summed E-state index contributed by atoms with van der Waals surface area (Å²) in [5.74, 6) is 0.